The van der Waals surface area contributed by atoms with Crippen LogP contribution in [-0.2, 0) is 32.7 Å². The molecule has 2 unspecified atom stereocenters. The molecule has 0 aliphatic carbocycles. The Labute approximate surface area is 361 Å². The van der Waals surface area contributed by atoms with Crippen LogP contribution in [0, 0.1) is 0 Å². The summed E-state index contributed by atoms with van der Waals surface area (Å²) in [7, 11) is -4.69. The quantitative estimate of drug-likeness (QED) is 0.0153. The fraction of sp³-hybridized carbons (Fsp3) is 0.583. The highest BCUT2D eigenvalue weighted by atomic mass is 31.2. The van der Waals surface area contributed by atoms with E-state index in [-0.39, 0.29) is 12.8 Å². The molecule has 0 rings (SSSR count). The van der Waals surface area contributed by atoms with Gasteiger partial charge >= 0.3 is 19.8 Å². The Kier molecular flexibility index (Phi) is 39.9. The van der Waals surface area contributed by atoms with Crippen LogP contribution in [0.25, 0.3) is 0 Å². The molecule has 0 heterocycles. The van der Waals surface area contributed by atoms with Gasteiger partial charge in [0.05, 0.1) is 25.9 Å². The van der Waals surface area contributed by atoms with Crippen molar-refractivity contribution in [2.75, 3.05) is 26.4 Å². The Morgan fingerprint density at radius 3 is 1.77 bits per heavy atom. The van der Waals surface area contributed by atoms with Crippen molar-refractivity contribution in [3.63, 3.8) is 0 Å². The number of allylic oxidation sites excluding steroid dienone is 16. The number of ether oxygens (including phenoxy) is 2. The standard InChI is InChI=1S/C48H77O11P/c1-3-5-7-9-11-13-15-17-18-19-20-22-24-26-28-30-34-38-47(52)56-42-46(43-58-60(54,55)57-41-45(51)40-49)59-48(53)39-35-31-33-37-44(50)36-32-29-27-25-23-21-16-14-12-10-8-6-4-2/h6,8,12,14,17-18,20-23,26-29,31-33,36,44-46,49-51H,3-5,7,9-11,13,15-16,19,24-25,30,34-35,37-43H2,1-2H3,(H,54,55)/b8-6-,14-12-,18-17-,22-20-,23-21-,28-26-,29-27-,33-31-,36-32-/t44?,45-,46+/m0/s1. The van der Waals surface area contributed by atoms with Crippen molar-refractivity contribution in [2.24, 2.45) is 0 Å². The number of esters is 2. The van der Waals surface area contributed by atoms with Crippen molar-refractivity contribution in [3.05, 3.63) is 109 Å². The lowest BCUT2D eigenvalue weighted by atomic mass is 10.1. The molecule has 0 aromatic rings. The molecule has 340 valence electrons. The second-order valence-corrected chi connectivity index (χ2v) is 15.6. The summed E-state index contributed by atoms with van der Waals surface area (Å²) in [5.41, 5.74) is 0. The number of rotatable bonds is 39. The zero-order valence-electron chi connectivity index (χ0n) is 36.5. The molecule has 0 aromatic carbocycles. The minimum atomic E-state index is -4.69. The Hall–Kier alpha value is -3.41. The van der Waals surface area contributed by atoms with Gasteiger partial charge in [0, 0.05) is 12.8 Å². The molecule has 0 aliphatic rings. The van der Waals surface area contributed by atoms with Gasteiger partial charge < -0.3 is 29.7 Å². The molecule has 0 amide bonds. The molecule has 0 bridgehead atoms. The summed E-state index contributed by atoms with van der Waals surface area (Å²) in [5, 5.41) is 28.5. The highest BCUT2D eigenvalue weighted by Crippen LogP contribution is 2.43. The van der Waals surface area contributed by atoms with Crippen molar-refractivity contribution in [1.29, 1.82) is 0 Å². The Morgan fingerprint density at radius 2 is 1.13 bits per heavy atom. The Balaban J connectivity index is 4.62. The van der Waals surface area contributed by atoms with E-state index < -0.39 is 64.5 Å². The normalized spacial score (nSPS) is 15.4. The minimum absolute atomic E-state index is 0.0394. The molecule has 12 heteroatoms. The van der Waals surface area contributed by atoms with Crippen LogP contribution in [0.4, 0.5) is 0 Å². The molecule has 0 spiro atoms. The second kappa shape index (κ2) is 42.3. The van der Waals surface area contributed by atoms with Gasteiger partial charge in [0.2, 0.25) is 0 Å². The summed E-state index contributed by atoms with van der Waals surface area (Å²) in [4.78, 5) is 35.0. The van der Waals surface area contributed by atoms with Gasteiger partial charge in [-0.15, -0.1) is 0 Å². The number of carbonyl (C=O) groups is 2. The number of phosphoric ester groups is 1. The van der Waals surface area contributed by atoms with Gasteiger partial charge in [0.25, 0.3) is 0 Å². The molecule has 4 N–H and O–H groups in total. The SMILES string of the molecule is CC/C=C\C/C=C\C/C=C\C/C=C\C=C/C(O)C/C=C\CCC(=O)O[C@H](COC(=O)CCC/C=C\C/C=C\C/C=C\CCCCCCCC)COP(=O)(O)OC[C@@H](O)CO. The lowest BCUT2D eigenvalue weighted by molar-refractivity contribution is -0.161. The van der Waals surface area contributed by atoms with Crippen molar-refractivity contribution < 1.29 is 52.9 Å². The number of hydrogen-bond donors (Lipinski definition) is 4. The largest absolute Gasteiger partial charge is 0.472 e. The summed E-state index contributed by atoms with van der Waals surface area (Å²) in [6.45, 7) is 1.97. The van der Waals surface area contributed by atoms with E-state index in [2.05, 4.69) is 79.1 Å². The fourth-order valence-electron chi connectivity index (χ4n) is 5.12. The molecule has 0 aliphatic heterocycles. The summed E-state index contributed by atoms with van der Waals surface area (Å²) >= 11 is 0. The number of carbonyl (C=O) groups excluding carboxylic acids is 2. The highest BCUT2D eigenvalue weighted by Gasteiger charge is 2.27. The lowest BCUT2D eigenvalue weighted by Gasteiger charge is -2.20. The van der Waals surface area contributed by atoms with Gasteiger partial charge in [-0.2, -0.15) is 0 Å². The maximum Gasteiger partial charge on any atom is 0.472 e. The van der Waals surface area contributed by atoms with E-state index in [4.69, 9.17) is 19.1 Å². The van der Waals surface area contributed by atoms with E-state index in [1.165, 1.54) is 38.5 Å². The van der Waals surface area contributed by atoms with Gasteiger partial charge in [-0.1, -0.05) is 155 Å². The molecule has 0 saturated carbocycles. The van der Waals surface area contributed by atoms with Gasteiger partial charge in [-0.25, -0.2) is 4.57 Å². The zero-order valence-corrected chi connectivity index (χ0v) is 37.4. The predicted octanol–water partition coefficient (Wildman–Crippen LogP) is 10.7. The Morgan fingerprint density at radius 1 is 0.583 bits per heavy atom. The summed E-state index contributed by atoms with van der Waals surface area (Å²) in [6, 6.07) is 0. The summed E-state index contributed by atoms with van der Waals surface area (Å²) in [5.74, 6) is -1.18. The topological polar surface area (TPSA) is 169 Å². The molecule has 11 nitrogen and oxygen atoms in total. The van der Waals surface area contributed by atoms with Crippen molar-refractivity contribution >= 4 is 19.8 Å². The van der Waals surface area contributed by atoms with E-state index in [0.717, 1.165) is 44.9 Å². The average molecular weight is 861 g/mol. The van der Waals surface area contributed by atoms with E-state index in [0.29, 0.717) is 25.7 Å². The number of aliphatic hydroxyl groups is 3. The van der Waals surface area contributed by atoms with Crippen LogP contribution in [0.1, 0.15) is 136 Å². The van der Waals surface area contributed by atoms with E-state index in [1.54, 1.807) is 24.3 Å². The number of hydrogen-bond acceptors (Lipinski definition) is 10. The molecular formula is C48H77O11P. The molecule has 0 fully saturated rings. The van der Waals surface area contributed by atoms with Gasteiger partial charge in [-0.3, -0.25) is 18.6 Å². The first-order valence-electron chi connectivity index (χ1n) is 22.0. The van der Waals surface area contributed by atoms with Crippen LogP contribution in [0.5, 0.6) is 0 Å². The fourth-order valence-corrected chi connectivity index (χ4v) is 5.91. The predicted molar refractivity (Wildman–Crippen MR) is 243 cm³/mol. The van der Waals surface area contributed by atoms with E-state index in [1.807, 2.05) is 24.3 Å². The molecule has 4 atom stereocenters. The van der Waals surface area contributed by atoms with Gasteiger partial charge in [-0.05, 0) is 77.0 Å². The van der Waals surface area contributed by atoms with Crippen molar-refractivity contribution in [3.8, 4) is 0 Å². The number of aliphatic hydroxyl groups excluding tert-OH is 3. The summed E-state index contributed by atoms with van der Waals surface area (Å²) in [6.07, 6.45) is 49.5. The monoisotopic (exact) mass is 861 g/mol. The molecule has 60 heavy (non-hydrogen) atoms. The maximum absolute atomic E-state index is 12.6. The number of unbranched alkanes of at least 4 members (excludes halogenated alkanes) is 7. The second-order valence-electron chi connectivity index (χ2n) is 14.2. The summed E-state index contributed by atoms with van der Waals surface area (Å²) < 4.78 is 32.5. The van der Waals surface area contributed by atoms with Crippen molar-refractivity contribution in [1.82, 2.24) is 0 Å². The van der Waals surface area contributed by atoms with E-state index in [9.17, 15) is 29.3 Å². The van der Waals surface area contributed by atoms with E-state index >= 15 is 0 Å². The van der Waals surface area contributed by atoms with Crippen molar-refractivity contribution in [2.45, 2.75) is 154 Å². The first-order chi connectivity index (χ1) is 29.1. The lowest BCUT2D eigenvalue weighted by Crippen LogP contribution is -2.29. The maximum atomic E-state index is 12.6. The molecule has 0 radical (unpaired) electrons. The molecule has 0 saturated heterocycles. The van der Waals surface area contributed by atoms with Crippen LogP contribution >= 0.6 is 7.82 Å². The van der Waals surface area contributed by atoms with Gasteiger partial charge in [0.15, 0.2) is 6.10 Å². The van der Waals surface area contributed by atoms with Crippen LogP contribution in [0.2, 0.25) is 0 Å². The Bertz CT molecular complexity index is 1380. The van der Waals surface area contributed by atoms with Crippen LogP contribution in [0.15, 0.2) is 109 Å². The third kappa shape index (κ3) is 41.3. The molecule has 0 aromatic heterocycles. The first kappa shape index (κ1) is 56.6. The third-order valence-corrected chi connectivity index (χ3v) is 9.46. The van der Waals surface area contributed by atoms with Gasteiger partial charge in [0.1, 0.15) is 12.7 Å². The minimum Gasteiger partial charge on any atom is -0.462 e. The van der Waals surface area contributed by atoms with Crippen LogP contribution < -0.4 is 0 Å². The average Bonchev–Trinajstić information content (AvgIpc) is 3.23. The third-order valence-electron chi connectivity index (χ3n) is 8.51. The number of phosphoric acid groups is 1. The zero-order chi connectivity index (χ0) is 44.2. The first-order valence-corrected chi connectivity index (χ1v) is 23.4. The van der Waals surface area contributed by atoms with Crippen LogP contribution in [-0.4, -0.2) is 76.9 Å². The smallest absolute Gasteiger partial charge is 0.462 e. The molecular weight excluding hydrogens is 783 g/mol. The van der Waals surface area contributed by atoms with Crippen LogP contribution in [0.3, 0.4) is 0 Å². The highest BCUT2D eigenvalue weighted by molar-refractivity contribution is 7.47.